The van der Waals surface area contributed by atoms with Crippen LogP contribution in [0.1, 0.15) is 37.8 Å². The van der Waals surface area contributed by atoms with E-state index >= 15 is 0 Å². The fraction of sp³-hybridized carbons (Fsp3) is 0.429. The summed E-state index contributed by atoms with van der Waals surface area (Å²) in [5.74, 6) is 0. The quantitative estimate of drug-likeness (QED) is 0.544. The van der Waals surface area contributed by atoms with Crippen molar-refractivity contribution in [3.63, 3.8) is 0 Å². The number of hydrogen-bond acceptors (Lipinski definition) is 1. The minimum Gasteiger partial charge on any atom is -0.310 e. The van der Waals surface area contributed by atoms with E-state index in [4.69, 9.17) is 23.2 Å². The monoisotopic (exact) mass is 271 g/mol. The van der Waals surface area contributed by atoms with Gasteiger partial charge in [0, 0.05) is 16.1 Å². The van der Waals surface area contributed by atoms with Gasteiger partial charge in [-0.3, -0.25) is 0 Å². The van der Waals surface area contributed by atoms with Crippen LogP contribution < -0.4 is 5.32 Å². The van der Waals surface area contributed by atoms with Crippen molar-refractivity contribution in [2.24, 2.45) is 0 Å². The third-order valence-electron chi connectivity index (χ3n) is 2.64. The molecule has 1 aromatic carbocycles. The molecule has 94 valence electrons. The van der Waals surface area contributed by atoms with Crippen molar-refractivity contribution in [2.45, 2.75) is 32.2 Å². The molecular weight excluding hydrogens is 253 g/mol. The second-order valence-electron chi connectivity index (χ2n) is 4.03. The zero-order valence-corrected chi connectivity index (χ0v) is 11.7. The van der Waals surface area contributed by atoms with Gasteiger partial charge in [0.05, 0.1) is 0 Å². The van der Waals surface area contributed by atoms with Crippen LogP contribution in [0.2, 0.25) is 10.0 Å². The second kappa shape index (κ2) is 7.75. The minimum absolute atomic E-state index is 0.316. The van der Waals surface area contributed by atoms with Crippen LogP contribution in [0.4, 0.5) is 0 Å². The number of rotatable bonds is 7. The number of hydrogen-bond donors (Lipinski definition) is 1. The smallest absolute Gasteiger partial charge is 0.0424 e. The molecule has 1 rings (SSSR count). The molecule has 0 amide bonds. The maximum atomic E-state index is 6.03. The Labute approximate surface area is 114 Å². The molecule has 3 heteroatoms. The Kier molecular flexibility index (Phi) is 6.64. The highest BCUT2D eigenvalue weighted by molar-refractivity contribution is 6.34. The number of benzene rings is 1. The molecule has 0 spiro atoms. The van der Waals surface area contributed by atoms with Gasteiger partial charge in [-0.05, 0) is 49.6 Å². The molecule has 1 N–H and O–H groups in total. The summed E-state index contributed by atoms with van der Waals surface area (Å²) < 4.78 is 0. The standard InChI is InChI=1S/C14H19Cl2N/c1-3-5-6-7-14(17-4-2)11-8-12(15)10-13(16)9-11/h3,8-10,14,17H,1,4-7H2,2H3. The van der Waals surface area contributed by atoms with Crippen LogP contribution in [0, 0.1) is 0 Å². The molecule has 0 aromatic heterocycles. The Bertz CT molecular complexity index is 343. The lowest BCUT2D eigenvalue weighted by Crippen LogP contribution is -2.20. The highest BCUT2D eigenvalue weighted by Crippen LogP contribution is 2.26. The first-order chi connectivity index (χ1) is 8.17. The average molecular weight is 272 g/mol. The molecule has 1 atom stereocenters. The summed E-state index contributed by atoms with van der Waals surface area (Å²) in [5, 5.41) is 4.85. The molecule has 0 fully saturated rings. The van der Waals surface area contributed by atoms with Gasteiger partial charge in [-0.1, -0.05) is 36.2 Å². The van der Waals surface area contributed by atoms with Crippen LogP contribution in [-0.4, -0.2) is 6.54 Å². The predicted octanol–water partition coefficient (Wildman–Crippen LogP) is 5.00. The van der Waals surface area contributed by atoms with Gasteiger partial charge in [0.2, 0.25) is 0 Å². The van der Waals surface area contributed by atoms with Crippen LogP contribution >= 0.6 is 23.2 Å². The third-order valence-corrected chi connectivity index (χ3v) is 3.08. The van der Waals surface area contributed by atoms with Crippen LogP contribution in [0.3, 0.4) is 0 Å². The van der Waals surface area contributed by atoms with Gasteiger partial charge in [0.15, 0.2) is 0 Å². The molecule has 1 unspecified atom stereocenters. The van der Waals surface area contributed by atoms with Crippen molar-refractivity contribution in [1.82, 2.24) is 5.32 Å². The zero-order valence-electron chi connectivity index (χ0n) is 10.2. The van der Waals surface area contributed by atoms with E-state index in [9.17, 15) is 0 Å². The molecule has 0 radical (unpaired) electrons. The fourth-order valence-electron chi connectivity index (χ4n) is 1.88. The summed E-state index contributed by atoms with van der Waals surface area (Å²) in [4.78, 5) is 0. The number of halogens is 2. The summed E-state index contributed by atoms with van der Waals surface area (Å²) in [7, 11) is 0. The van der Waals surface area contributed by atoms with Crippen molar-refractivity contribution in [3.8, 4) is 0 Å². The highest BCUT2D eigenvalue weighted by Gasteiger charge is 2.11. The van der Waals surface area contributed by atoms with E-state index in [1.165, 1.54) is 0 Å². The Balaban J connectivity index is 2.76. The summed E-state index contributed by atoms with van der Waals surface area (Å²) in [6, 6.07) is 6.04. The molecule has 0 aliphatic heterocycles. The van der Waals surface area contributed by atoms with Gasteiger partial charge < -0.3 is 5.32 Å². The van der Waals surface area contributed by atoms with Gasteiger partial charge in [0.25, 0.3) is 0 Å². The first-order valence-corrected chi connectivity index (χ1v) is 6.73. The second-order valence-corrected chi connectivity index (χ2v) is 4.91. The Morgan fingerprint density at radius 3 is 2.47 bits per heavy atom. The topological polar surface area (TPSA) is 12.0 Å². The van der Waals surface area contributed by atoms with Crippen molar-refractivity contribution in [2.75, 3.05) is 6.54 Å². The van der Waals surface area contributed by atoms with Crippen LogP contribution in [-0.2, 0) is 0 Å². The maximum absolute atomic E-state index is 6.03. The lowest BCUT2D eigenvalue weighted by Gasteiger charge is -2.18. The Morgan fingerprint density at radius 2 is 1.94 bits per heavy atom. The summed E-state index contributed by atoms with van der Waals surface area (Å²) in [6.07, 6.45) is 5.17. The van der Waals surface area contributed by atoms with E-state index in [2.05, 4.69) is 18.8 Å². The number of unbranched alkanes of at least 4 members (excludes halogenated alkanes) is 1. The zero-order chi connectivity index (χ0) is 12.7. The van der Waals surface area contributed by atoms with Gasteiger partial charge >= 0.3 is 0 Å². The first kappa shape index (κ1) is 14.6. The fourth-order valence-corrected chi connectivity index (χ4v) is 2.42. The van der Waals surface area contributed by atoms with E-state index in [0.717, 1.165) is 31.4 Å². The maximum Gasteiger partial charge on any atom is 0.0424 e. The van der Waals surface area contributed by atoms with Crippen LogP contribution in [0.5, 0.6) is 0 Å². The SMILES string of the molecule is C=CCCCC(NCC)c1cc(Cl)cc(Cl)c1. The Hall–Kier alpha value is -0.500. The summed E-state index contributed by atoms with van der Waals surface area (Å²) >= 11 is 12.1. The predicted molar refractivity (Wildman–Crippen MR) is 76.9 cm³/mol. The summed E-state index contributed by atoms with van der Waals surface area (Å²) in [5.41, 5.74) is 1.16. The minimum atomic E-state index is 0.316. The molecule has 17 heavy (non-hydrogen) atoms. The molecule has 0 saturated heterocycles. The average Bonchev–Trinajstić information content (AvgIpc) is 2.27. The van der Waals surface area contributed by atoms with E-state index in [1.54, 1.807) is 6.07 Å². The first-order valence-electron chi connectivity index (χ1n) is 5.97. The molecule has 1 nitrogen and oxygen atoms in total. The normalized spacial score (nSPS) is 12.4. The largest absolute Gasteiger partial charge is 0.310 e. The highest BCUT2D eigenvalue weighted by atomic mass is 35.5. The van der Waals surface area contributed by atoms with Crippen LogP contribution in [0.25, 0.3) is 0 Å². The van der Waals surface area contributed by atoms with E-state index < -0.39 is 0 Å². The molecule has 0 heterocycles. The van der Waals surface area contributed by atoms with Gasteiger partial charge in [0.1, 0.15) is 0 Å². The van der Waals surface area contributed by atoms with Crippen LogP contribution in [0.15, 0.2) is 30.9 Å². The molecule has 0 aliphatic rings. The molecule has 1 aromatic rings. The van der Waals surface area contributed by atoms with Crippen molar-refractivity contribution >= 4 is 23.2 Å². The van der Waals surface area contributed by atoms with E-state index in [0.29, 0.717) is 16.1 Å². The lowest BCUT2D eigenvalue weighted by molar-refractivity contribution is 0.500. The number of nitrogens with one attached hydrogen (secondary N) is 1. The van der Waals surface area contributed by atoms with Crippen molar-refractivity contribution < 1.29 is 0 Å². The van der Waals surface area contributed by atoms with Crippen molar-refractivity contribution in [3.05, 3.63) is 46.5 Å². The van der Waals surface area contributed by atoms with Gasteiger partial charge in [-0.25, -0.2) is 0 Å². The van der Waals surface area contributed by atoms with Crippen molar-refractivity contribution in [1.29, 1.82) is 0 Å². The van der Waals surface area contributed by atoms with Gasteiger partial charge in [-0.2, -0.15) is 0 Å². The molecule has 0 aliphatic carbocycles. The summed E-state index contributed by atoms with van der Waals surface area (Å²) in [6.45, 7) is 6.78. The lowest BCUT2D eigenvalue weighted by atomic mass is 10.0. The number of allylic oxidation sites excluding steroid dienone is 1. The van der Waals surface area contributed by atoms with E-state index in [-0.39, 0.29) is 0 Å². The third kappa shape index (κ3) is 5.12. The van der Waals surface area contributed by atoms with E-state index in [1.807, 2.05) is 18.2 Å². The molecule has 0 saturated carbocycles. The molecule has 0 bridgehead atoms. The Morgan fingerprint density at radius 1 is 1.29 bits per heavy atom. The van der Waals surface area contributed by atoms with Gasteiger partial charge in [-0.15, -0.1) is 6.58 Å². The molecular formula is C14H19Cl2N.